The zero-order valence-electron chi connectivity index (χ0n) is 13.9. The van der Waals surface area contributed by atoms with Crippen LogP contribution < -0.4 is 5.32 Å². The summed E-state index contributed by atoms with van der Waals surface area (Å²) < 4.78 is 27.0. The molecule has 1 aliphatic rings. The highest BCUT2D eigenvalue weighted by atomic mass is 32.2. The number of hydrogen-bond donors (Lipinski definition) is 1. The third kappa shape index (κ3) is 3.17. The van der Waals surface area contributed by atoms with E-state index in [1.807, 2.05) is 26.0 Å². The van der Waals surface area contributed by atoms with Crippen molar-refractivity contribution < 1.29 is 13.2 Å². The number of nitrogens with one attached hydrogen (secondary N) is 1. The maximum atomic E-state index is 12.9. The van der Waals surface area contributed by atoms with Crippen molar-refractivity contribution in [1.82, 2.24) is 9.62 Å². The van der Waals surface area contributed by atoms with Crippen LogP contribution in [-0.2, 0) is 20.2 Å². The molecule has 2 rings (SSSR count). The van der Waals surface area contributed by atoms with Crippen LogP contribution in [0.3, 0.4) is 0 Å². The Bertz CT molecular complexity index is 680. The van der Waals surface area contributed by atoms with Gasteiger partial charge in [0.05, 0.1) is 11.4 Å². The lowest BCUT2D eigenvalue weighted by molar-refractivity contribution is -0.122. The van der Waals surface area contributed by atoms with E-state index in [2.05, 4.69) is 26.1 Å². The zero-order valence-corrected chi connectivity index (χ0v) is 14.7. The van der Waals surface area contributed by atoms with Crippen molar-refractivity contribution in [3.05, 3.63) is 28.8 Å². The van der Waals surface area contributed by atoms with Crippen molar-refractivity contribution in [2.24, 2.45) is 0 Å². The lowest BCUT2D eigenvalue weighted by atomic mass is 9.85. The minimum Gasteiger partial charge on any atom is -0.354 e. The van der Waals surface area contributed by atoms with Gasteiger partial charge < -0.3 is 5.32 Å². The maximum Gasteiger partial charge on any atom is 0.244 e. The Labute approximate surface area is 132 Å². The topological polar surface area (TPSA) is 66.5 Å². The molecular weight excluding hydrogens is 300 g/mol. The SMILES string of the molecule is Cc1cc(C(C)(C)C)cc(C)c1S(=O)(=O)N1CCNC(=O)C1. The van der Waals surface area contributed by atoms with Crippen LogP contribution in [0.2, 0.25) is 0 Å². The molecule has 1 heterocycles. The van der Waals surface area contributed by atoms with E-state index in [1.54, 1.807) is 0 Å². The van der Waals surface area contributed by atoms with Crippen LogP contribution in [0.25, 0.3) is 0 Å². The van der Waals surface area contributed by atoms with Crippen molar-refractivity contribution in [3.63, 3.8) is 0 Å². The van der Waals surface area contributed by atoms with E-state index in [-0.39, 0.29) is 17.9 Å². The quantitative estimate of drug-likeness (QED) is 0.901. The second-order valence-corrected chi connectivity index (χ2v) is 8.75. The number of aryl methyl sites for hydroxylation is 2. The van der Waals surface area contributed by atoms with Crippen LogP contribution in [0.5, 0.6) is 0 Å². The summed E-state index contributed by atoms with van der Waals surface area (Å²) in [5.74, 6) is -0.253. The molecule has 0 saturated carbocycles. The molecule has 0 aromatic heterocycles. The van der Waals surface area contributed by atoms with E-state index >= 15 is 0 Å². The highest BCUT2D eigenvalue weighted by molar-refractivity contribution is 7.89. The van der Waals surface area contributed by atoms with Gasteiger partial charge in [0.2, 0.25) is 15.9 Å². The van der Waals surface area contributed by atoms with Gasteiger partial charge in [-0.05, 0) is 36.0 Å². The molecule has 0 aliphatic carbocycles. The lowest BCUT2D eigenvalue weighted by Crippen LogP contribution is -2.50. The first-order valence-electron chi connectivity index (χ1n) is 7.42. The highest BCUT2D eigenvalue weighted by Gasteiger charge is 2.32. The fraction of sp³-hybridized carbons (Fsp3) is 0.562. The molecule has 1 aromatic rings. The van der Waals surface area contributed by atoms with Gasteiger partial charge in [-0.3, -0.25) is 4.79 Å². The largest absolute Gasteiger partial charge is 0.354 e. The Morgan fingerprint density at radius 3 is 2.14 bits per heavy atom. The molecule has 5 nitrogen and oxygen atoms in total. The van der Waals surface area contributed by atoms with E-state index in [4.69, 9.17) is 0 Å². The maximum absolute atomic E-state index is 12.9. The molecule has 1 saturated heterocycles. The van der Waals surface area contributed by atoms with Crippen LogP contribution in [0, 0.1) is 13.8 Å². The lowest BCUT2D eigenvalue weighted by Gasteiger charge is -2.28. The number of benzene rings is 1. The Hall–Kier alpha value is -1.40. The third-order valence-electron chi connectivity index (χ3n) is 3.93. The second-order valence-electron chi connectivity index (χ2n) is 6.88. The van der Waals surface area contributed by atoms with Crippen molar-refractivity contribution >= 4 is 15.9 Å². The summed E-state index contributed by atoms with van der Waals surface area (Å²) in [5, 5.41) is 2.65. The number of amides is 1. The smallest absolute Gasteiger partial charge is 0.244 e. The summed E-state index contributed by atoms with van der Waals surface area (Å²) in [6, 6.07) is 3.87. The first kappa shape index (κ1) is 17.0. The molecule has 0 spiro atoms. The molecule has 1 aromatic carbocycles. The van der Waals surface area contributed by atoms with Gasteiger partial charge in [0.25, 0.3) is 0 Å². The zero-order chi connectivity index (χ0) is 16.7. The molecule has 1 N–H and O–H groups in total. The van der Waals surface area contributed by atoms with Gasteiger partial charge in [0, 0.05) is 13.1 Å². The van der Waals surface area contributed by atoms with Crippen LogP contribution in [-0.4, -0.2) is 38.3 Å². The molecule has 122 valence electrons. The number of piperazine rings is 1. The molecule has 0 bridgehead atoms. The monoisotopic (exact) mass is 324 g/mol. The Balaban J connectivity index is 2.50. The van der Waals surface area contributed by atoms with E-state index in [0.717, 1.165) is 16.7 Å². The van der Waals surface area contributed by atoms with Gasteiger partial charge in [0.15, 0.2) is 0 Å². The van der Waals surface area contributed by atoms with Crippen LogP contribution >= 0.6 is 0 Å². The molecule has 1 fully saturated rings. The number of rotatable bonds is 2. The fourth-order valence-corrected chi connectivity index (χ4v) is 4.55. The van der Waals surface area contributed by atoms with Gasteiger partial charge in [-0.25, -0.2) is 8.42 Å². The van der Waals surface area contributed by atoms with E-state index in [1.165, 1.54) is 4.31 Å². The van der Waals surface area contributed by atoms with Crippen LogP contribution in [0.1, 0.15) is 37.5 Å². The predicted molar refractivity (Wildman–Crippen MR) is 86.4 cm³/mol. The Morgan fingerprint density at radius 1 is 1.14 bits per heavy atom. The van der Waals surface area contributed by atoms with Gasteiger partial charge in [-0.1, -0.05) is 32.9 Å². The molecule has 1 aliphatic heterocycles. The number of carbonyl (C=O) groups excluding carboxylic acids is 1. The first-order valence-corrected chi connectivity index (χ1v) is 8.86. The van der Waals surface area contributed by atoms with Gasteiger partial charge in [-0.15, -0.1) is 0 Å². The summed E-state index contributed by atoms with van der Waals surface area (Å²) in [6.07, 6.45) is 0. The molecular formula is C16H24N2O3S. The standard InChI is InChI=1S/C16H24N2O3S/c1-11-8-13(16(3,4)5)9-12(2)15(11)22(20,21)18-7-6-17-14(19)10-18/h8-9H,6-7,10H2,1-5H3,(H,17,19). The highest BCUT2D eigenvalue weighted by Crippen LogP contribution is 2.30. The minimum atomic E-state index is -3.65. The number of hydrogen-bond acceptors (Lipinski definition) is 3. The van der Waals surface area contributed by atoms with Crippen LogP contribution in [0.15, 0.2) is 17.0 Å². The molecule has 6 heteroatoms. The summed E-state index contributed by atoms with van der Waals surface area (Å²) in [5.41, 5.74) is 2.53. The third-order valence-corrected chi connectivity index (χ3v) is 6.08. The van der Waals surface area contributed by atoms with Crippen molar-refractivity contribution in [2.75, 3.05) is 19.6 Å². The van der Waals surface area contributed by atoms with Crippen molar-refractivity contribution in [3.8, 4) is 0 Å². The first-order chi connectivity index (χ1) is 10.0. The van der Waals surface area contributed by atoms with Crippen molar-refractivity contribution in [1.29, 1.82) is 0 Å². The van der Waals surface area contributed by atoms with E-state index in [9.17, 15) is 13.2 Å². The molecule has 1 amide bonds. The second kappa shape index (κ2) is 5.66. The summed E-state index contributed by atoms with van der Waals surface area (Å²) in [4.78, 5) is 11.8. The minimum absolute atomic E-state index is 0.0389. The van der Waals surface area contributed by atoms with Gasteiger partial charge in [-0.2, -0.15) is 4.31 Å². The summed E-state index contributed by atoms with van der Waals surface area (Å²) in [7, 11) is -3.65. The molecule has 0 radical (unpaired) electrons. The Kier molecular flexibility index (Phi) is 4.37. The van der Waals surface area contributed by atoms with E-state index in [0.29, 0.717) is 18.0 Å². The number of carbonyl (C=O) groups is 1. The molecule has 22 heavy (non-hydrogen) atoms. The van der Waals surface area contributed by atoms with E-state index < -0.39 is 10.0 Å². The average molecular weight is 324 g/mol. The molecule has 0 atom stereocenters. The van der Waals surface area contributed by atoms with Gasteiger partial charge in [0.1, 0.15) is 0 Å². The molecule has 0 unspecified atom stereocenters. The number of sulfonamides is 1. The summed E-state index contributed by atoms with van der Waals surface area (Å²) in [6.45, 7) is 10.5. The summed E-state index contributed by atoms with van der Waals surface area (Å²) >= 11 is 0. The Morgan fingerprint density at radius 2 is 1.68 bits per heavy atom. The normalized spacial score (nSPS) is 17.4. The van der Waals surface area contributed by atoms with Crippen molar-refractivity contribution in [2.45, 2.75) is 44.9 Å². The average Bonchev–Trinajstić information content (AvgIpc) is 2.36. The number of nitrogens with zero attached hydrogens (tertiary/aromatic N) is 1. The van der Waals surface area contributed by atoms with Gasteiger partial charge >= 0.3 is 0 Å². The van der Waals surface area contributed by atoms with Crippen LogP contribution in [0.4, 0.5) is 0 Å². The fourth-order valence-electron chi connectivity index (χ4n) is 2.74. The predicted octanol–water partition coefficient (Wildman–Crippen LogP) is 1.72.